The van der Waals surface area contributed by atoms with Crippen molar-refractivity contribution in [1.82, 2.24) is 5.32 Å². The van der Waals surface area contributed by atoms with E-state index in [1.165, 1.54) is 25.7 Å². The second-order valence-electron chi connectivity index (χ2n) is 4.29. The van der Waals surface area contributed by atoms with E-state index in [2.05, 4.69) is 5.32 Å². The van der Waals surface area contributed by atoms with Crippen molar-refractivity contribution in [3.63, 3.8) is 0 Å². The van der Waals surface area contributed by atoms with Crippen molar-refractivity contribution in [3.05, 3.63) is 0 Å². The van der Waals surface area contributed by atoms with Crippen molar-refractivity contribution < 1.29 is 4.74 Å². The fourth-order valence-electron chi connectivity index (χ4n) is 2.34. The highest BCUT2D eigenvalue weighted by Crippen LogP contribution is 2.24. The topological polar surface area (TPSA) is 47.3 Å². The van der Waals surface area contributed by atoms with Gasteiger partial charge < -0.3 is 15.8 Å². The molecular formula is C10H20N2O. The van der Waals surface area contributed by atoms with Gasteiger partial charge in [-0.05, 0) is 25.3 Å². The Morgan fingerprint density at radius 1 is 1.23 bits per heavy atom. The monoisotopic (exact) mass is 184 g/mol. The Morgan fingerprint density at radius 3 is 2.62 bits per heavy atom. The van der Waals surface area contributed by atoms with Crippen LogP contribution in [-0.4, -0.2) is 31.8 Å². The van der Waals surface area contributed by atoms with Crippen LogP contribution in [0.2, 0.25) is 0 Å². The summed E-state index contributed by atoms with van der Waals surface area (Å²) in [7, 11) is 0. The predicted octanol–water partition coefficient (Wildman–Crippen LogP) is 0.492. The van der Waals surface area contributed by atoms with Crippen LogP contribution in [0, 0.1) is 5.92 Å². The highest BCUT2D eigenvalue weighted by Gasteiger charge is 2.28. The molecule has 13 heavy (non-hydrogen) atoms. The molecule has 1 aliphatic heterocycles. The molecule has 1 aliphatic carbocycles. The number of hydrogen-bond acceptors (Lipinski definition) is 3. The number of rotatable bonds is 3. The van der Waals surface area contributed by atoms with Crippen LogP contribution in [0.4, 0.5) is 0 Å². The third kappa shape index (κ3) is 2.22. The smallest absolute Gasteiger partial charge is 0.0643 e. The third-order valence-electron chi connectivity index (χ3n) is 3.30. The summed E-state index contributed by atoms with van der Waals surface area (Å²) in [4.78, 5) is 0. The van der Waals surface area contributed by atoms with Gasteiger partial charge in [0.05, 0.1) is 19.3 Å². The number of nitrogens with one attached hydrogen (secondary N) is 1. The van der Waals surface area contributed by atoms with E-state index < -0.39 is 0 Å². The lowest BCUT2D eigenvalue weighted by atomic mass is 9.84. The molecule has 0 aromatic carbocycles. The van der Waals surface area contributed by atoms with Crippen LogP contribution in [0.5, 0.6) is 0 Å². The molecule has 1 saturated heterocycles. The lowest BCUT2D eigenvalue weighted by molar-refractivity contribution is -0.0154. The van der Waals surface area contributed by atoms with Gasteiger partial charge in [-0.2, -0.15) is 0 Å². The van der Waals surface area contributed by atoms with Crippen LogP contribution >= 0.6 is 0 Å². The summed E-state index contributed by atoms with van der Waals surface area (Å²) in [5.74, 6) is 0.703. The minimum atomic E-state index is 0.608. The summed E-state index contributed by atoms with van der Waals surface area (Å²) in [6.45, 7) is 2.63. The molecule has 1 saturated carbocycles. The van der Waals surface area contributed by atoms with Crippen molar-refractivity contribution in [3.8, 4) is 0 Å². The van der Waals surface area contributed by atoms with Gasteiger partial charge in [0.15, 0.2) is 0 Å². The maximum Gasteiger partial charge on any atom is 0.0643 e. The molecule has 3 heteroatoms. The first-order valence-electron chi connectivity index (χ1n) is 5.44. The Labute approximate surface area is 80.0 Å². The molecule has 0 spiro atoms. The van der Waals surface area contributed by atoms with Crippen molar-refractivity contribution in [2.45, 2.75) is 37.8 Å². The lowest BCUT2D eigenvalue weighted by Crippen LogP contribution is -2.54. The zero-order valence-corrected chi connectivity index (χ0v) is 8.17. The molecular weight excluding hydrogens is 164 g/mol. The van der Waals surface area contributed by atoms with E-state index in [-0.39, 0.29) is 0 Å². The van der Waals surface area contributed by atoms with Crippen molar-refractivity contribution >= 4 is 0 Å². The lowest BCUT2D eigenvalue weighted by Gasteiger charge is -2.37. The second-order valence-corrected chi connectivity index (χ2v) is 4.29. The van der Waals surface area contributed by atoms with E-state index in [0.29, 0.717) is 18.0 Å². The maximum atomic E-state index is 5.76. The van der Waals surface area contributed by atoms with Crippen molar-refractivity contribution in [1.29, 1.82) is 0 Å². The van der Waals surface area contributed by atoms with Crippen LogP contribution in [0.3, 0.4) is 0 Å². The van der Waals surface area contributed by atoms with E-state index in [1.807, 2.05) is 0 Å². The summed E-state index contributed by atoms with van der Waals surface area (Å²) < 4.78 is 5.15. The van der Waals surface area contributed by atoms with E-state index in [9.17, 15) is 0 Å². The van der Waals surface area contributed by atoms with Crippen LogP contribution in [0.25, 0.3) is 0 Å². The quantitative estimate of drug-likeness (QED) is 0.671. The van der Waals surface area contributed by atoms with Crippen LogP contribution in [0.15, 0.2) is 0 Å². The Balaban J connectivity index is 1.79. The minimum absolute atomic E-state index is 0.608. The fraction of sp³-hybridized carbons (Fsp3) is 1.00. The molecule has 0 aromatic rings. The van der Waals surface area contributed by atoms with Gasteiger partial charge in [-0.15, -0.1) is 0 Å². The summed E-state index contributed by atoms with van der Waals surface area (Å²) in [6.07, 6.45) is 5.34. The summed E-state index contributed by atoms with van der Waals surface area (Å²) in [5, 5.41) is 3.65. The van der Waals surface area contributed by atoms with E-state index >= 15 is 0 Å². The van der Waals surface area contributed by atoms with Gasteiger partial charge in [0.1, 0.15) is 0 Å². The molecule has 3 N–H and O–H groups in total. The standard InChI is InChI=1S/C10H20N2O/c11-5-8-3-1-2-4-10(8)12-9-6-13-7-9/h8-10,12H,1-7,11H2. The first-order valence-corrected chi connectivity index (χ1v) is 5.44. The van der Waals surface area contributed by atoms with Crippen molar-refractivity contribution in [2.75, 3.05) is 19.8 Å². The Hall–Kier alpha value is -0.120. The van der Waals surface area contributed by atoms with Crippen molar-refractivity contribution in [2.24, 2.45) is 11.7 Å². The van der Waals surface area contributed by atoms with Crippen LogP contribution < -0.4 is 11.1 Å². The summed E-state index contributed by atoms with van der Waals surface area (Å²) in [6, 6.07) is 1.27. The molecule has 0 aromatic heterocycles. The molecule has 2 atom stereocenters. The van der Waals surface area contributed by atoms with Gasteiger partial charge in [-0.1, -0.05) is 12.8 Å². The second kappa shape index (κ2) is 4.40. The minimum Gasteiger partial charge on any atom is -0.378 e. The molecule has 2 aliphatic rings. The maximum absolute atomic E-state index is 5.76. The fourth-order valence-corrected chi connectivity index (χ4v) is 2.34. The number of ether oxygens (including phenoxy) is 1. The van der Waals surface area contributed by atoms with Gasteiger partial charge in [0, 0.05) is 6.04 Å². The number of hydrogen-bond donors (Lipinski definition) is 2. The van der Waals surface area contributed by atoms with Gasteiger partial charge in [0.25, 0.3) is 0 Å². The summed E-state index contributed by atoms with van der Waals surface area (Å²) in [5.41, 5.74) is 5.76. The molecule has 2 rings (SSSR count). The van der Waals surface area contributed by atoms with Gasteiger partial charge in [-0.25, -0.2) is 0 Å². The van der Waals surface area contributed by atoms with Crippen LogP contribution in [0.1, 0.15) is 25.7 Å². The first kappa shape index (κ1) is 9.44. The Morgan fingerprint density at radius 2 is 2.00 bits per heavy atom. The molecule has 0 amide bonds. The Kier molecular flexibility index (Phi) is 3.19. The molecule has 1 heterocycles. The largest absolute Gasteiger partial charge is 0.378 e. The zero-order chi connectivity index (χ0) is 9.10. The normalized spacial score (nSPS) is 35.8. The average Bonchev–Trinajstić information content (AvgIpc) is 2.12. The highest BCUT2D eigenvalue weighted by molar-refractivity contribution is 4.86. The third-order valence-corrected chi connectivity index (χ3v) is 3.30. The van der Waals surface area contributed by atoms with E-state index in [0.717, 1.165) is 19.8 Å². The highest BCUT2D eigenvalue weighted by atomic mass is 16.5. The summed E-state index contributed by atoms with van der Waals surface area (Å²) >= 11 is 0. The molecule has 0 bridgehead atoms. The van der Waals surface area contributed by atoms with Gasteiger partial charge in [-0.3, -0.25) is 0 Å². The Bertz CT molecular complexity index is 159. The van der Waals surface area contributed by atoms with E-state index in [1.54, 1.807) is 0 Å². The molecule has 76 valence electrons. The SMILES string of the molecule is NCC1CCCCC1NC1COC1. The first-order chi connectivity index (χ1) is 6.40. The van der Waals surface area contributed by atoms with E-state index in [4.69, 9.17) is 10.5 Å². The van der Waals surface area contributed by atoms with Gasteiger partial charge in [0.2, 0.25) is 0 Å². The predicted molar refractivity (Wildman–Crippen MR) is 52.5 cm³/mol. The molecule has 2 fully saturated rings. The molecule has 2 unspecified atom stereocenters. The molecule has 3 nitrogen and oxygen atoms in total. The zero-order valence-electron chi connectivity index (χ0n) is 8.17. The average molecular weight is 184 g/mol. The van der Waals surface area contributed by atoms with Crippen LogP contribution in [-0.2, 0) is 4.74 Å². The van der Waals surface area contributed by atoms with Gasteiger partial charge >= 0.3 is 0 Å². The number of nitrogens with two attached hydrogens (primary N) is 1. The molecule has 0 radical (unpaired) electrons.